The zero-order valence-electron chi connectivity index (χ0n) is 15.3. The molecule has 0 fully saturated rings. The highest BCUT2D eigenvalue weighted by Crippen LogP contribution is 2.20. The molecule has 0 bridgehead atoms. The topological polar surface area (TPSA) is 55.4 Å². The van der Waals surface area contributed by atoms with Gasteiger partial charge in [-0.3, -0.25) is 9.00 Å². The van der Waals surface area contributed by atoms with Gasteiger partial charge in [-0.25, -0.2) is 0 Å². The molecule has 2 aromatic rings. The van der Waals surface area contributed by atoms with Gasteiger partial charge in [-0.1, -0.05) is 35.9 Å². The first-order valence-electron chi connectivity index (χ1n) is 8.40. The molecule has 0 aliphatic rings. The summed E-state index contributed by atoms with van der Waals surface area (Å²) in [5, 5.41) is 3.49. The van der Waals surface area contributed by atoms with E-state index in [4.69, 9.17) is 16.3 Å². The zero-order valence-corrected chi connectivity index (χ0v) is 16.8. The van der Waals surface area contributed by atoms with Crippen LogP contribution in [0.1, 0.15) is 36.7 Å². The van der Waals surface area contributed by atoms with E-state index in [-0.39, 0.29) is 10.7 Å². The summed E-state index contributed by atoms with van der Waals surface area (Å²) in [4.78, 5) is 12.4. The van der Waals surface area contributed by atoms with Crippen molar-refractivity contribution in [3.63, 3.8) is 0 Å². The fourth-order valence-electron chi connectivity index (χ4n) is 2.18. The highest BCUT2D eigenvalue weighted by atomic mass is 35.5. The summed E-state index contributed by atoms with van der Waals surface area (Å²) in [6, 6.07) is 14.5. The summed E-state index contributed by atoms with van der Waals surface area (Å²) < 4.78 is 17.6. The monoisotopic (exact) mass is 393 g/mol. The van der Waals surface area contributed by atoms with Crippen molar-refractivity contribution in [3.8, 4) is 5.75 Å². The van der Waals surface area contributed by atoms with Crippen LogP contribution in [0.3, 0.4) is 0 Å². The molecule has 0 saturated carbocycles. The first-order chi connectivity index (χ1) is 12.3. The molecule has 6 heteroatoms. The average molecular weight is 394 g/mol. The molecule has 2 aromatic carbocycles. The third-order valence-electron chi connectivity index (χ3n) is 3.70. The number of rotatable bonds is 7. The molecule has 0 aliphatic carbocycles. The summed E-state index contributed by atoms with van der Waals surface area (Å²) >= 11 is 5.88. The fraction of sp³-hybridized carbons (Fsp3) is 0.350. The quantitative estimate of drug-likeness (QED) is 0.767. The predicted octanol–water partition coefficient (Wildman–Crippen LogP) is 4.20. The molecule has 26 heavy (non-hydrogen) atoms. The van der Waals surface area contributed by atoms with Crippen LogP contribution in [0.2, 0.25) is 5.02 Å². The van der Waals surface area contributed by atoms with Crippen molar-refractivity contribution in [3.05, 3.63) is 64.7 Å². The third-order valence-corrected chi connectivity index (χ3v) is 5.89. The summed E-state index contributed by atoms with van der Waals surface area (Å²) in [5.74, 6) is 0.697. The van der Waals surface area contributed by atoms with E-state index in [1.54, 1.807) is 30.3 Å². The van der Waals surface area contributed by atoms with E-state index >= 15 is 0 Å². The van der Waals surface area contributed by atoms with Crippen LogP contribution in [0.5, 0.6) is 5.75 Å². The number of carbonyl (C=O) groups is 1. The first kappa shape index (κ1) is 20.5. The second kappa shape index (κ2) is 9.19. The summed E-state index contributed by atoms with van der Waals surface area (Å²) in [6.45, 7) is 6.46. The number of hydrogen-bond acceptors (Lipinski definition) is 3. The molecule has 0 aliphatic heterocycles. The van der Waals surface area contributed by atoms with E-state index in [9.17, 15) is 9.00 Å². The van der Waals surface area contributed by atoms with Gasteiger partial charge in [-0.05, 0) is 50.6 Å². The summed E-state index contributed by atoms with van der Waals surface area (Å²) in [7, 11) is -1.00. The molecule has 0 spiro atoms. The van der Waals surface area contributed by atoms with Crippen molar-refractivity contribution >= 4 is 28.3 Å². The molecule has 1 atom stereocenters. The van der Waals surface area contributed by atoms with Crippen LogP contribution in [0.25, 0.3) is 0 Å². The maximum absolute atomic E-state index is 12.4. The lowest BCUT2D eigenvalue weighted by molar-refractivity contribution is 0.0951. The van der Waals surface area contributed by atoms with Gasteiger partial charge in [0.1, 0.15) is 12.4 Å². The number of para-hydroxylation sites is 1. The van der Waals surface area contributed by atoms with Crippen molar-refractivity contribution in [1.29, 1.82) is 0 Å². The van der Waals surface area contributed by atoms with E-state index in [1.807, 2.05) is 39.0 Å². The minimum absolute atomic E-state index is 0.234. The van der Waals surface area contributed by atoms with Crippen LogP contribution < -0.4 is 10.1 Å². The summed E-state index contributed by atoms with van der Waals surface area (Å²) in [6.07, 6.45) is 0. The van der Waals surface area contributed by atoms with Gasteiger partial charge in [0.2, 0.25) is 0 Å². The number of nitrogens with one attached hydrogen (secondary N) is 1. The molecule has 0 aromatic heterocycles. The van der Waals surface area contributed by atoms with Gasteiger partial charge in [0.25, 0.3) is 5.91 Å². The van der Waals surface area contributed by atoms with Crippen LogP contribution in [-0.2, 0) is 17.4 Å². The molecular weight excluding hydrogens is 370 g/mol. The first-order valence-corrected chi connectivity index (χ1v) is 10.1. The Bertz CT molecular complexity index is 769. The standard InChI is InChI=1S/C20H24ClNO3S/c1-20(2,3)26(24)13-12-22-19(23)17-6-4-5-7-18(17)25-14-15-8-10-16(21)11-9-15/h4-11H,12-14H2,1-3H3,(H,22,23). The third kappa shape index (κ3) is 6.15. The minimum atomic E-state index is -1.00. The Hall–Kier alpha value is -1.85. The Labute approximate surface area is 162 Å². The summed E-state index contributed by atoms with van der Waals surface area (Å²) in [5.41, 5.74) is 1.42. The van der Waals surface area contributed by atoms with Gasteiger partial charge in [0.05, 0.1) is 5.56 Å². The second-order valence-electron chi connectivity index (χ2n) is 6.83. The van der Waals surface area contributed by atoms with Gasteiger partial charge in [0.15, 0.2) is 0 Å². The number of carbonyl (C=O) groups excluding carboxylic acids is 1. The number of benzene rings is 2. The van der Waals surface area contributed by atoms with E-state index in [0.717, 1.165) is 5.56 Å². The van der Waals surface area contributed by atoms with Gasteiger partial charge >= 0.3 is 0 Å². The van der Waals surface area contributed by atoms with Gasteiger partial charge in [-0.15, -0.1) is 0 Å². The van der Waals surface area contributed by atoms with Gasteiger partial charge in [-0.2, -0.15) is 0 Å². The minimum Gasteiger partial charge on any atom is -0.488 e. The molecular formula is C20H24ClNO3S. The van der Waals surface area contributed by atoms with Crippen molar-refractivity contribution < 1.29 is 13.7 Å². The van der Waals surface area contributed by atoms with Crippen molar-refractivity contribution in [2.24, 2.45) is 0 Å². The number of ether oxygens (including phenoxy) is 1. The van der Waals surface area contributed by atoms with Crippen LogP contribution >= 0.6 is 11.6 Å². The van der Waals surface area contributed by atoms with Crippen LogP contribution in [-0.4, -0.2) is 27.2 Å². The highest BCUT2D eigenvalue weighted by molar-refractivity contribution is 7.86. The molecule has 4 nitrogen and oxygen atoms in total. The highest BCUT2D eigenvalue weighted by Gasteiger charge is 2.19. The Morgan fingerprint density at radius 3 is 2.42 bits per heavy atom. The fourth-order valence-corrected chi connectivity index (χ4v) is 3.21. The van der Waals surface area contributed by atoms with Gasteiger partial charge < -0.3 is 10.1 Å². The van der Waals surface area contributed by atoms with Crippen molar-refractivity contribution in [2.75, 3.05) is 12.3 Å². The molecule has 1 amide bonds. The van der Waals surface area contributed by atoms with Crippen molar-refractivity contribution in [1.82, 2.24) is 5.32 Å². The Kier molecular flexibility index (Phi) is 7.23. The average Bonchev–Trinajstić information content (AvgIpc) is 2.60. The lowest BCUT2D eigenvalue weighted by Crippen LogP contribution is -2.32. The van der Waals surface area contributed by atoms with Crippen LogP contribution in [0.15, 0.2) is 48.5 Å². The largest absolute Gasteiger partial charge is 0.488 e. The van der Waals surface area contributed by atoms with E-state index in [2.05, 4.69) is 5.32 Å². The lowest BCUT2D eigenvalue weighted by Gasteiger charge is -2.18. The molecule has 1 unspecified atom stereocenters. The molecule has 2 rings (SSSR count). The molecule has 0 heterocycles. The molecule has 0 radical (unpaired) electrons. The molecule has 0 saturated heterocycles. The smallest absolute Gasteiger partial charge is 0.255 e. The van der Waals surface area contributed by atoms with Crippen LogP contribution in [0, 0.1) is 0 Å². The second-order valence-corrected chi connectivity index (χ2v) is 9.59. The predicted molar refractivity (Wildman–Crippen MR) is 107 cm³/mol. The van der Waals surface area contributed by atoms with E-state index in [0.29, 0.717) is 35.2 Å². The Morgan fingerprint density at radius 2 is 1.77 bits per heavy atom. The van der Waals surface area contributed by atoms with E-state index < -0.39 is 10.8 Å². The number of halogens is 1. The lowest BCUT2D eigenvalue weighted by atomic mass is 10.2. The maximum Gasteiger partial charge on any atom is 0.255 e. The number of hydrogen-bond donors (Lipinski definition) is 1. The van der Waals surface area contributed by atoms with Crippen molar-refractivity contribution in [2.45, 2.75) is 32.1 Å². The maximum atomic E-state index is 12.4. The zero-order chi connectivity index (χ0) is 19.2. The Balaban J connectivity index is 1.95. The molecule has 140 valence electrons. The SMILES string of the molecule is CC(C)(C)S(=O)CCNC(=O)c1ccccc1OCc1ccc(Cl)cc1. The molecule has 1 N–H and O–H groups in total. The number of amides is 1. The Morgan fingerprint density at radius 1 is 1.12 bits per heavy atom. The van der Waals surface area contributed by atoms with Gasteiger partial charge in [0, 0.05) is 32.9 Å². The van der Waals surface area contributed by atoms with Crippen LogP contribution in [0.4, 0.5) is 0 Å². The van der Waals surface area contributed by atoms with E-state index in [1.165, 1.54) is 0 Å². The normalized spacial score (nSPS) is 12.5.